The average Bonchev–Trinajstić information content (AvgIpc) is 2.46. The van der Waals surface area contributed by atoms with E-state index in [2.05, 4.69) is 79.4 Å². The van der Waals surface area contributed by atoms with Crippen LogP contribution in [0.2, 0.25) is 0 Å². The molecule has 0 unspecified atom stereocenters. The van der Waals surface area contributed by atoms with E-state index >= 15 is 0 Å². The van der Waals surface area contributed by atoms with Crippen molar-refractivity contribution in [3.05, 3.63) is 67.8 Å². The quantitative estimate of drug-likeness (QED) is 0.558. The van der Waals surface area contributed by atoms with Gasteiger partial charge in [0.1, 0.15) is 0 Å². The van der Waals surface area contributed by atoms with E-state index in [4.69, 9.17) is 0 Å². The Bertz CT molecular complexity index is 689. The molecule has 0 aliphatic heterocycles. The van der Waals surface area contributed by atoms with Crippen molar-refractivity contribution in [1.29, 1.82) is 0 Å². The van der Waals surface area contributed by atoms with Gasteiger partial charge in [-0.2, -0.15) is 0 Å². The van der Waals surface area contributed by atoms with Crippen LogP contribution in [-0.2, 0) is 0 Å². The second kappa shape index (κ2) is 6.01. The maximum Gasteiger partial charge on any atom is 0.0312 e. The summed E-state index contributed by atoms with van der Waals surface area (Å²) in [6, 6.07) is 4.51. The third-order valence-corrected chi connectivity index (χ3v) is 5.04. The molecule has 0 atom stereocenters. The Morgan fingerprint density at radius 2 is 0.682 bits per heavy atom. The number of rotatable bonds is 0. The summed E-state index contributed by atoms with van der Waals surface area (Å²) in [5.74, 6) is 6.93. The van der Waals surface area contributed by atoms with Gasteiger partial charge in [0.2, 0.25) is 0 Å². The summed E-state index contributed by atoms with van der Waals surface area (Å²) in [5.41, 5.74) is 12.9. The summed E-state index contributed by atoms with van der Waals surface area (Å²) in [4.78, 5) is 0. The molecule has 114 valence electrons. The van der Waals surface area contributed by atoms with Gasteiger partial charge in [-0.3, -0.25) is 0 Å². The van der Waals surface area contributed by atoms with E-state index in [1.807, 2.05) is 0 Å². The molecule has 0 fully saturated rings. The first-order valence-corrected chi connectivity index (χ1v) is 7.90. The van der Waals surface area contributed by atoms with Crippen molar-refractivity contribution in [2.45, 2.75) is 55.4 Å². The summed E-state index contributed by atoms with van der Waals surface area (Å²) in [6.07, 6.45) is 0. The molecular weight excluding hydrogens is 264 g/mol. The zero-order chi connectivity index (χ0) is 16.6. The second-order valence-electron chi connectivity index (χ2n) is 6.52. The van der Waals surface area contributed by atoms with Gasteiger partial charge in [-0.15, -0.1) is 0 Å². The van der Waals surface area contributed by atoms with Gasteiger partial charge in [0, 0.05) is 11.1 Å². The maximum absolute atomic E-state index is 3.47. The van der Waals surface area contributed by atoms with Gasteiger partial charge in [-0.05, 0) is 99.9 Å². The molecule has 2 aromatic rings. The van der Waals surface area contributed by atoms with E-state index in [-0.39, 0.29) is 0 Å². The summed E-state index contributed by atoms with van der Waals surface area (Å²) < 4.78 is 0. The van der Waals surface area contributed by atoms with Crippen LogP contribution < -0.4 is 0 Å². The highest BCUT2D eigenvalue weighted by molar-refractivity contribution is 5.58. The first-order valence-electron chi connectivity index (χ1n) is 7.90. The highest BCUT2D eigenvalue weighted by Crippen LogP contribution is 2.23. The molecule has 2 rings (SSSR count). The van der Waals surface area contributed by atoms with Crippen LogP contribution in [0.15, 0.2) is 12.1 Å². The predicted octanol–water partition coefficient (Wildman–Crippen LogP) is 5.55. The topological polar surface area (TPSA) is 0 Å². The lowest BCUT2D eigenvalue weighted by Crippen LogP contribution is -1.97. The molecule has 0 nitrogen and oxygen atoms in total. The van der Waals surface area contributed by atoms with Crippen LogP contribution in [0.25, 0.3) is 0 Å². The molecule has 0 spiro atoms. The number of hydrogen-bond acceptors (Lipinski definition) is 0. The van der Waals surface area contributed by atoms with Crippen molar-refractivity contribution in [2.75, 3.05) is 0 Å². The number of benzene rings is 2. The van der Waals surface area contributed by atoms with Crippen molar-refractivity contribution in [3.8, 4) is 11.8 Å². The zero-order valence-corrected chi connectivity index (χ0v) is 15.2. The summed E-state index contributed by atoms with van der Waals surface area (Å²) in [6.45, 7) is 17.4. The van der Waals surface area contributed by atoms with Gasteiger partial charge in [-0.1, -0.05) is 24.0 Å². The molecule has 2 aromatic carbocycles. The summed E-state index contributed by atoms with van der Waals surface area (Å²) in [5, 5.41) is 0. The SMILES string of the molecule is Cc1cc(C)c(C)c(C#Cc2c(C)c(C)cc(C)c2C)c1C. The van der Waals surface area contributed by atoms with Crippen LogP contribution in [0.1, 0.15) is 55.6 Å². The standard InChI is InChI=1S/C22H26/c1-13-11-14(2)18(6)21(17(13)5)9-10-22-19(7)15(3)12-16(4)20(22)8/h11-12H,1-8H3. The molecule has 0 saturated heterocycles. The first-order chi connectivity index (χ1) is 10.2. The lowest BCUT2D eigenvalue weighted by atomic mass is 9.92. The number of hydrogen-bond donors (Lipinski definition) is 0. The molecular formula is C22H26. The number of aryl methyl sites for hydroxylation is 4. The largest absolute Gasteiger partial charge is 0.0611 e. The summed E-state index contributed by atoms with van der Waals surface area (Å²) in [7, 11) is 0. The van der Waals surface area contributed by atoms with Crippen LogP contribution in [-0.4, -0.2) is 0 Å². The van der Waals surface area contributed by atoms with Crippen LogP contribution in [0.4, 0.5) is 0 Å². The fourth-order valence-electron chi connectivity index (χ4n) is 2.93. The molecule has 0 heteroatoms. The highest BCUT2D eigenvalue weighted by Gasteiger charge is 2.08. The smallest absolute Gasteiger partial charge is 0.0312 e. The van der Waals surface area contributed by atoms with Crippen molar-refractivity contribution in [2.24, 2.45) is 0 Å². The molecule has 0 amide bonds. The predicted molar refractivity (Wildman–Crippen MR) is 96.8 cm³/mol. The van der Waals surface area contributed by atoms with Gasteiger partial charge in [0.25, 0.3) is 0 Å². The Hall–Kier alpha value is -2.00. The lowest BCUT2D eigenvalue weighted by molar-refractivity contribution is 1.21. The highest BCUT2D eigenvalue weighted by atomic mass is 14.1. The Balaban J connectivity index is 2.68. The van der Waals surface area contributed by atoms with Gasteiger partial charge >= 0.3 is 0 Å². The third kappa shape index (κ3) is 2.81. The van der Waals surface area contributed by atoms with Gasteiger partial charge in [-0.25, -0.2) is 0 Å². The van der Waals surface area contributed by atoms with E-state index in [9.17, 15) is 0 Å². The van der Waals surface area contributed by atoms with E-state index in [0.29, 0.717) is 0 Å². The summed E-state index contributed by atoms with van der Waals surface area (Å²) >= 11 is 0. The van der Waals surface area contributed by atoms with Crippen molar-refractivity contribution in [1.82, 2.24) is 0 Å². The van der Waals surface area contributed by atoms with Crippen LogP contribution in [0, 0.1) is 67.2 Å². The van der Waals surface area contributed by atoms with E-state index in [0.717, 1.165) is 0 Å². The van der Waals surface area contributed by atoms with Crippen LogP contribution in [0.3, 0.4) is 0 Å². The van der Waals surface area contributed by atoms with Crippen molar-refractivity contribution in [3.63, 3.8) is 0 Å². The zero-order valence-electron chi connectivity index (χ0n) is 15.2. The minimum Gasteiger partial charge on any atom is -0.0611 e. The Morgan fingerprint density at radius 1 is 0.455 bits per heavy atom. The van der Waals surface area contributed by atoms with Crippen LogP contribution in [0.5, 0.6) is 0 Å². The molecule has 0 radical (unpaired) electrons. The molecule has 0 aromatic heterocycles. The fourth-order valence-corrected chi connectivity index (χ4v) is 2.93. The van der Waals surface area contributed by atoms with Gasteiger partial charge in [0.05, 0.1) is 0 Å². The first kappa shape index (κ1) is 16.4. The Labute approximate surface area is 135 Å². The Kier molecular flexibility index (Phi) is 4.47. The lowest BCUT2D eigenvalue weighted by Gasteiger charge is -2.12. The van der Waals surface area contributed by atoms with E-state index < -0.39 is 0 Å². The van der Waals surface area contributed by atoms with Crippen molar-refractivity contribution < 1.29 is 0 Å². The molecule has 0 N–H and O–H groups in total. The minimum absolute atomic E-state index is 1.19. The third-order valence-electron chi connectivity index (χ3n) is 5.04. The van der Waals surface area contributed by atoms with Gasteiger partial charge in [0.15, 0.2) is 0 Å². The fraction of sp³-hybridized carbons (Fsp3) is 0.364. The van der Waals surface area contributed by atoms with E-state index in [1.165, 1.54) is 55.6 Å². The van der Waals surface area contributed by atoms with Crippen LogP contribution >= 0.6 is 0 Å². The minimum atomic E-state index is 1.19. The van der Waals surface area contributed by atoms with E-state index in [1.54, 1.807) is 0 Å². The monoisotopic (exact) mass is 290 g/mol. The molecule has 0 heterocycles. The molecule has 22 heavy (non-hydrogen) atoms. The van der Waals surface area contributed by atoms with Crippen molar-refractivity contribution >= 4 is 0 Å². The second-order valence-corrected chi connectivity index (χ2v) is 6.52. The molecule has 0 aliphatic rings. The molecule has 0 aliphatic carbocycles. The Morgan fingerprint density at radius 3 is 0.909 bits per heavy atom. The average molecular weight is 290 g/mol. The molecule has 0 saturated carbocycles. The maximum atomic E-state index is 3.47. The van der Waals surface area contributed by atoms with Gasteiger partial charge < -0.3 is 0 Å². The normalized spacial score (nSPS) is 10.4. The molecule has 0 bridgehead atoms.